The van der Waals surface area contributed by atoms with Gasteiger partial charge in [-0.25, -0.2) is 9.97 Å². The SMILES string of the molecule is Cc1ccnc(SCCCC2CCCN2)n1. The Bertz CT molecular complexity index is 324. The third-order valence-corrected chi connectivity index (χ3v) is 3.81. The molecule has 1 aliphatic rings. The van der Waals surface area contributed by atoms with Gasteiger partial charge in [-0.2, -0.15) is 0 Å². The normalized spacial score (nSPS) is 20.2. The van der Waals surface area contributed by atoms with Gasteiger partial charge < -0.3 is 5.32 Å². The first-order valence-electron chi connectivity index (χ1n) is 6.00. The number of nitrogens with one attached hydrogen (secondary N) is 1. The second-order valence-electron chi connectivity index (χ2n) is 4.26. The summed E-state index contributed by atoms with van der Waals surface area (Å²) in [5, 5.41) is 4.44. The molecule has 1 aliphatic heterocycles. The summed E-state index contributed by atoms with van der Waals surface area (Å²) in [6.45, 7) is 3.22. The van der Waals surface area contributed by atoms with Gasteiger partial charge in [-0.05, 0) is 45.2 Å². The minimum atomic E-state index is 0.763. The van der Waals surface area contributed by atoms with Gasteiger partial charge in [-0.1, -0.05) is 11.8 Å². The van der Waals surface area contributed by atoms with E-state index in [0.717, 1.165) is 22.6 Å². The van der Waals surface area contributed by atoms with Gasteiger partial charge in [-0.15, -0.1) is 0 Å². The summed E-state index contributed by atoms with van der Waals surface area (Å²) in [6.07, 6.45) is 7.08. The Hall–Kier alpha value is -0.610. The summed E-state index contributed by atoms with van der Waals surface area (Å²) in [6, 6.07) is 2.70. The average Bonchev–Trinajstić information content (AvgIpc) is 2.77. The third kappa shape index (κ3) is 3.76. The molecule has 2 rings (SSSR count). The van der Waals surface area contributed by atoms with Crippen LogP contribution in [0.3, 0.4) is 0 Å². The molecular formula is C12H19N3S. The van der Waals surface area contributed by atoms with E-state index in [1.54, 1.807) is 11.8 Å². The third-order valence-electron chi connectivity index (χ3n) is 2.86. The molecule has 1 fully saturated rings. The van der Waals surface area contributed by atoms with Gasteiger partial charge in [0.15, 0.2) is 5.16 Å². The molecule has 4 heteroatoms. The molecule has 1 atom stereocenters. The van der Waals surface area contributed by atoms with Gasteiger partial charge in [-0.3, -0.25) is 0 Å². The molecule has 1 aromatic heterocycles. The molecule has 0 bridgehead atoms. The van der Waals surface area contributed by atoms with Gasteiger partial charge in [0.2, 0.25) is 0 Å². The Morgan fingerprint density at radius 2 is 2.50 bits per heavy atom. The lowest BCUT2D eigenvalue weighted by Gasteiger charge is -2.08. The number of thioether (sulfide) groups is 1. The van der Waals surface area contributed by atoms with E-state index < -0.39 is 0 Å². The van der Waals surface area contributed by atoms with Crippen molar-refractivity contribution in [2.75, 3.05) is 12.3 Å². The van der Waals surface area contributed by atoms with Crippen molar-refractivity contribution >= 4 is 11.8 Å². The van der Waals surface area contributed by atoms with Crippen molar-refractivity contribution in [1.29, 1.82) is 0 Å². The van der Waals surface area contributed by atoms with Gasteiger partial charge >= 0.3 is 0 Å². The topological polar surface area (TPSA) is 37.8 Å². The summed E-state index contributed by atoms with van der Waals surface area (Å²) >= 11 is 1.77. The average molecular weight is 237 g/mol. The van der Waals surface area contributed by atoms with E-state index in [9.17, 15) is 0 Å². The zero-order chi connectivity index (χ0) is 11.2. The number of aromatic nitrogens is 2. The van der Waals surface area contributed by atoms with Crippen molar-refractivity contribution in [2.45, 2.75) is 43.8 Å². The number of hydrogen-bond acceptors (Lipinski definition) is 4. The fraction of sp³-hybridized carbons (Fsp3) is 0.667. The summed E-state index contributed by atoms with van der Waals surface area (Å²) in [4.78, 5) is 8.62. The number of aryl methyl sites for hydroxylation is 1. The zero-order valence-corrected chi connectivity index (χ0v) is 10.6. The molecular weight excluding hydrogens is 218 g/mol. The molecule has 0 radical (unpaired) electrons. The van der Waals surface area contributed by atoms with Crippen LogP contribution in [0.25, 0.3) is 0 Å². The summed E-state index contributed by atoms with van der Waals surface area (Å²) in [5.41, 5.74) is 1.05. The first kappa shape index (κ1) is 11.9. The highest BCUT2D eigenvalue weighted by atomic mass is 32.2. The molecule has 0 spiro atoms. The molecule has 2 heterocycles. The summed E-state index contributed by atoms with van der Waals surface area (Å²) in [7, 11) is 0. The standard InChI is InChI=1S/C12H19N3S/c1-10-6-8-14-12(15-10)16-9-3-5-11-4-2-7-13-11/h6,8,11,13H,2-5,7,9H2,1H3. The van der Waals surface area contributed by atoms with E-state index in [1.165, 1.54) is 32.2 Å². The van der Waals surface area contributed by atoms with Crippen LogP contribution < -0.4 is 5.32 Å². The zero-order valence-electron chi connectivity index (χ0n) is 9.78. The first-order chi connectivity index (χ1) is 7.84. The molecule has 1 N–H and O–H groups in total. The predicted molar refractivity (Wildman–Crippen MR) is 67.8 cm³/mol. The lowest BCUT2D eigenvalue weighted by Crippen LogP contribution is -2.21. The minimum Gasteiger partial charge on any atom is -0.314 e. The molecule has 1 aromatic rings. The Labute approximate surface area is 101 Å². The number of nitrogens with zero attached hydrogens (tertiary/aromatic N) is 2. The minimum absolute atomic E-state index is 0.763. The second-order valence-corrected chi connectivity index (χ2v) is 5.33. The molecule has 3 nitrogen and oxygen atoms in total. The quantitative estimate of drug-likeness (QED) is 0.485. The van der Waals surface area contributed by atoms with Crippen LogP contribution in [0.15, 0.2) is 17.4 Å². The largest absolute Gasteiger partial charge is 0.314 e. The van der Waals surface area contributed by atoms with E-state index in [4.69, 9.17) is 0 Å². The maximum absolute atomic E-state index is 4.38. The van der Waals surface area contributed by atoms with Crippen molar-refractivity contribution in [2.24, 2.45) is 0 Å². The van der Waals surface area contributed by atoms with Crippen LogP contribution in [0.4, 0.5) is 0 Å². The Balaban J connectivity index is 1.64. The van der Waals surface area contributed by atoms with Gasteiger partial charge in [0, 0.05) is 23.7 Å². The Morgan fingerprint density at radius 1 is 1.56 bits per heavy atom. The predicted octanol–water partition coefficient (Wildman–Crippen LogP) is 2.41. The lowest BCUT2D eigenvalue weighted by molar-refractivity contribution is 0.553. The van der Waals surface area contributed by atoms with Crippen LogP contribution in [0, 0.1) is 6.92 Å². The van der Waals surface area contributed by atoms with Crippen LogP contribution in [-0.4, -0.2) is 28.3 Å². The van der Waals surface area contributed by atoms with E-state index in [-0.39, 0.29) is 0 Å². The molecule has 1 unspecified atom stereocenters. The monoisotopic (exact) mass is 237 g/mol. The molecule has 0 aliphatic carbocycles. The Kier molecular flexibility index (Phi) is 4.60. The summed E-state index contributed by atoms with van der Waals surface area (Å²) < 4.78 is 0. The van der Waals surface area contributed by atoms with Crippen LogP contribution in [0.2, 0.25) is 0 Å². The van der Waals surface area contributed by atoms with Crippen molar-refractivity contribution in [3.05, 3.63) is 18.0 Å². The smallest absolute Gasteiger partial charge is 0.187 e. The molecule has 0 saturated carbocycles. The summed E-state index contributed by atoms with van der Waals surface area (Å²) in [5.74, 6) is 1.13. The molecule has 1 saturated heterocycles. The fourth-order valence-electron chi connectivity index (χ4n) is 1.99. The van der Waals surface area contributed by atoms with E-state index >= 15 is 0 Å². The fourth-order valence-corrected chi connectivity index (χ4v) is 2.83. The van der Waals surface area contributed by atoms with Crippen molar-refractivity contribution < 1.29 is 0 Å². The lowest BCUT2D eigenvalue weighted by atomic mass is 10.1. The van der Waals surface area contributed by atoms with E-state index in [2.05, 4.69) is 15.3 Å². The van der Waals surface area contributed by atoms with Crippen LogP contribution in [0.1, 0.15) is 31.4 Å². The van der Waals surface area contributed by atoms with E-state index in [1.807, 2.05) is 19.2 Å². The molecule has 0 amide bonds. The highest BCUT2D eigenvalue weighted by Crippen LogP contribution is 2.17. The number of hydrogen-bond donors (Lipinski definition) is 1. The highest BCUT2D eigenvalue weighted by molar-refractivity contribution is 7.99. The van der Waals surface area contributed by atoms with Crippen LogP contribution in [-0.2, 0) is 0 Å². The maximum Gasteiger partial charge on any atom is 0.187 e. The van der Waals surface area contributed by atoms with Crippen molar-refractivity contribution in [3.63, 3.8) is 0 Å². The van der Waals surface area contributed by atoms with Crippen LogP contribution in [0.5, 0.6) is 0 Å². The number of rotatable bonds is 5. The highest BCUT2D eigenvalue weighted by Gasteiger charge is 2.12. The second kappa shape index (κ2) is 6.21. The first-order valence-corrected chi connectivity index (χ1v) is 6.99. The van der Waals surface area contributed by atoms with E-state index in [0.29, 0.717) is 0 Å². The van der Waals surface area contributed by atoms with Crippen molar-refractivity contribution in [3.8, 4) is 0 Å². The van der Waals surface area contributed by atoms with Crippen LogP contribution >= 0.6 is 11.8 Å². The maximum atomic E-state index is 4.38. The molecule has 0 aromatic carbocycles. The van der Waals surface area contributed by atoms with Gasteiger partial charge in [0.1, 0.15) is 0 Å². The molecule has 88 valence electrons. The molecule has 16 heavy (non-hydrogen) atoms. The van der Waals surface area contributed by atoms with Gasteiger partial charge in [0.05, 0.1) is 0 Å². The van der Waals surface area contributed by atoms with Gasteiger partial charge in [0.25, 0.3) is 0 Å². The van der Waals surface area contributed by atoms with Crippen molar-refractivity contribution in [1.82, 2.24) is 15.3 Å². The Morgan fingerprint density at radius 3 is 3.25 bits per heavy atom.